The summed E-state index contributed by atoms with van der Waals surface area (Å²) < 4.78 is 7.63. The number of aromatic nitrogens is 3. The molecule has 0 radical (unpaired) electrons. The number of pyridine rings is 1. The zero-order valence-corrected chi connectivity index (χ0v) is 13.7. The number of hydrogen-bond acceptors (Lipinski definition) is 4. The van der Waals surface area contributed by atoms with E-state index in [0.717, 1.165) is 43.6 Å². The summed E-state index contributed by atoms with van der Waals surface area (Å²) >= 11 is 0. The van der Waals surface area contributed by atoms with E-state index < -0.39 is 0 Å². The molecule has 1 aliphatic rings. The lowest BCUT2D eigenvalue weighted by Crippen LogP contribution is -2.45. The average Bonchev–Trinajstić information content (AvgIpc) is 3.23. The van der Waals surface area contributed by atoms with Crippen molar-refractivity contribution in [2.24, 2.45) is 0 Å². The van der Waals surface area contributed by atoms with E-state index in [0.29, 0.717) is 11.3 Å². The maximum atomic E-state index is 13.0. The minimum absolute atomic E-state index is 0.0532. The van der Waals surface area contributed by atoms with Crippen molar-refractivity contribution in [3.63, 3.8) is 0 Å². The van der Waals surface area contributed by atoms with Gasteiger partial charge in [-0.15, -0.1) is 0 Å². The molecule has 0 bridgehead atoms. The van der Waals surface area contributed by atoms with Gasteiger partial charge in [0.2, 0.25) is 0 Å². The number of rotatable bonds is 3. The van der Waals surface area contributed by atoms with Crippen LogP contribution >= 0.6 is 0 Å². The van der Waals surface area contributed by atoms with Crippen LogP contribution in [0.1, 0.15) is 35.5 Å². The third-order valence-corrected chi connectivity index (χ3v) is 4.57. The fourth-order valence-electron chi connectivity index (χ4n) is 3.35. The third-order valence-electron chi connectivity index (χ3n) is 4.57. The Morgan fingerprint density at radius 3 is 3.12 bits per heavy atom. The largest absolute Gasteiger partial charge is 0.449 e. The van der Waals surface area contributed by atoms with E-state index in [9.17, 15) is 4.79 Å². The van der Waals surface area contributed by atoms with E-state index in [1.54, 1.807) is 12.3 Å². The van der Waals surface area contributed by atoms with Gasteiger partial charge in [0, 0.05) is 30.7 Å². The summed E-state index contributed by atoms with van der Waals surface area (Å²) in [6.07, 6.45) is 6.85. The summed E-state index contributed by atoms with van der Waals surface area (Å²) in [6, 6.07) is 7.56. The van der Waals surface area contributed by atoms with Crippen molar-refractivity contribution < 1.29 is 9.21 Å². The molecule has 6 nitrogen and oxygen atoms in total. The molecule has 1 atom stereocenters. The molecule has 1 aliphatic heterocycles. The first-order valence-corrected chi connectivity index (χ1v) is 8.36. The highest BCUT2D eigenvalue weighted by molar-refractivity contribution is 5.95. The normalized spacial score (nSPS) is 18.2. The van der Waals surface area contributed by atoms with Gasteiger partial charge in [0.1, 0.15) is 5.52 Å². The number of nitrogens with zero attached hydrogens (tertiary/aromatic N) is 4. The Labute approximate surface area is 140 Å². The standard InChI is InChI=1S/C18H20N4O2/c1-13-6-7-16-15(20-13)11-17(24-16)18(23)22-10-3-2-5-14(22)12-21-9-4-8-19-21/h4,6-9,11,14H,2-3,5,10,12H2,1H3. The Balaban J connectivity index is 1.60. The highest BCUT2D eigenvalue weighted by Crippen LogP contribution is 2.24. The number of hydrogen-bond donors (Lipinski definition) is 0. The lowest BCUT2D eigenvalue weighted by atomic mass is 10.0. The minimum Gasteiger partial charge on any atom is -0.449 e. The highest BCUT2D eigenvalue weighted by atomic mass is 16.3. The van der Waals surface area contributed by atoms with Crippen molar-refractivity contribution in [2.75, 3.05) is 6.54 Å². The Bertz CT molecular complexity index is 853. The molecule has 1 saturated heterocycles. The molecule has 0 spiro atoms. The molecule has 4 heterocycles. The maximum absolute atomic E-state index is 13.0. The molecule has 0 aliphatic carbocycles. The van der Waals surface area contributed by atoms with Crippen molar-refractivity contribution in [3.05, 3.63) is 48.1 Å². The average molecular weight is 324 g/mol. The summed E-state index contributed by atoms with van der Waals surface area (Å²) in [5.41, 5.74) is 2.31. The molecule has 0 saturated carbocycles. The number of amides is 1. The van der Waals surface area contributed by atoms with E-state index >= 15 is 0 Å². The zero-order valence-electron chi connectivity index (χ0n) is 13.7. The smallest absolute Gasteiger partial charge is 0.289 e. The van der Waals surface area contributed by atoms with Gasteiger partial charge < -0.3 is 9.32 Å². The van der Waals surface area contributed by atoms with Gasteiger partial charge in [-0.2, -0.15) is 5.10 Å². The van der Waals surface area contributed by atoms with Gasteiger partial charge in [0.15, 0.2) is 11.3 Å². The number of carbonyl (C=O) groups is 1. The van der Waals surface area contributed by atoms with Gasteiger partial charge in [0.25, 0.3) is 5.91 Å². The van der Waals surface area contributed by atoms with E-state index in [2.05, 4.69) is 10.1 Å². The number of likely N-dealkylation sites (tertiary alicyclic amines) is 1. The van der Waals surface area contributed by atoms with Crippen LogP contribution in [0, 0.1) is 6.92 Å². The van der Waals surface area contributed by atoms with Gasteiger partial charge in [-0.05, 0) is 44.4 Å². The van der Waals surface area contributed by atoms with Crippen molar-refractivity contribution in [1.29, 1.82) is 0 Å². The van der Waals surface area contributed by atoms with Crippen molar-refractivity contribution in [1.82, 2.24) is 19.7 Å². The van der Waals surface area contributed by atoms with Gasteiger partial charge >= 0.3 is 0 Å². The molecule has 3 aromatic rings. The lowest BCUT2D eigenvalue weighted by Gasteiger charge is -2.35. The lowest BCUT2D eigenvalue weighted by molar-refractivity contribution is 0.0554. The molecule has 1 fully saturated rings. The summed E-state index contributed by atoms with van der Waals surface area (Å²) in [7, 11) is 0. The first-order chi connectivity index (χ1) is 11.7. The summed E-state index contributed by atoms with van der Waals surface area (Å²) in [5, 5.41) is 4.27. The Morgan fingerprint density at radius 2 is 2.29 bits per heavy atom. The Hall–Kier alpha value is -2.63. The van der Waals surface area contributed by atoms with Crippen molar-refractivity contribution >= 4 is 17.0 Å². The molecule has 124 valence electrons. The molecule has 0 aromatic carbocycles. The molecule has 1 amide bonds. The van der Waals surface area contributed by atoms with Crippen LogP contribution in [0.15, 0.2) is 41.1 Å². The first kappa shape index (κ1) is 14.9. The monoisotopic (exact) mass is 324 g/mol. The second-order valence-corrected chi connectivity index (χ2v) is 6.32. The summed E-state index contributed by atoms with van der Waals surface area (Å²) in [5.74, 6) is 0.318. The fourth-order valence-corrected chi connectivity index (χ4v) is 3.35. The van der Waals surface area contributed by atoms with Gasteiger partial charge in [-0.1, -0.05) is 0 Å². The molecule has 1 unspecified atom stereocenters. The number of carbonyl (C=O) groups excluding carboxylic acids is 1. The van der Waals surface area contributed by atoms with Crippen LogP contribution < -0.4 is 0 Å². The molecular formula is C18H20N4O2. The number of piperidine rings is 1. The first-order valence-electron chi connectivity index (χ1n) is 8.36. The van der Waals surface area contributed by atoms with Crippen molar-refractivity contribution in [3.8, 4) is 0 Å². The van der Waals surface area contributed by atoms with E-state index in [1.807, 2.05) is 40.9 Å². The van der Waals surface area contributed by atoms with Gasteiger partial charge in [0.05, 0.1) is 12.6 Å². The predicted molar refractivity (Wildman–Crippen MR) is 89.6 cm³/mol. The van der Waals surface area contributed by atoms with E-state index in [1.165, 1.54) is 0 Å². The van der Waals surface area contributed by atoms with Crippen LogP contribution in [0.25, 0.3) is 11.1 Å². The zero-order chi connectivity index (χ0) is 16.5. The highest BCUT2D eigenvalue weighted by Gasteiger charge is 2.29. The quantitative estimate of drug-likeness (QED) is 0.743. The van der Waals surface area contributed by atoms with E-state index in [4.69, 9.17) is 4.42 Å². The molecule has 6 heteroatoms. The minimum atomic E-state index is -0.0532. The van der Waals surface area contributed by atoms with Crippen LogP contribution in [0.5, 0.6) is 0 Å². The number of aryl methyl sites for hydroxylation is 1. The van der Waals surface area contributed by atoms with Crippen LogP contribution in [0.3, 0.4) is 0 Å². The molecule has 0 N–H and O–H groups in total. The van der Waals surface area contributed by atoms with Crippen LogP contribution in [0.4, 0.5) is 0 Å². The number of fused-ring (bicyclic) bond motifs is 1. The van der Waals surface area contributed by atoms with Crippen molar-refractivity contribution in [2.45, 2.75) is 38.8 Å². The third kappa shape index (κ3) is 2.79. The second-order valence-electron chi connectivity index (χ2n) is 6.32. The SMILES string of the molecule is Cc1ccc2oc(C(=O)N3CCCCC3Cn3cccn3)cc2n1. The molecule has 24 heavy (non-hydrogen) atoms. The molecular weight excluding hydrogens is 304 g/mol. The molecule has 3 aromatic heterocycles. The summed E-state index contributed by atoms with van der Waals surface area (Å²) in [6.45, 7) is 3.41. The number of furan rings is 1. The summed E-state index contributed by atoms with van der Waals surface area (Å²) in [4.78, 5) is 19.3. The Morgan fingerprint density at radius 1 is 1.38 bits per heavy atom. The predicted octanol–water partition coefficient (Wildman–Crippen LogP) is 3.03. The van der Waals surface area contributed by atoms with Crippen LogP contribution in [-0.2, 0) is 6.54 Å². The van der Waals surface area contributed by atoms with Gasteiger partial charge in [-0.3, -0.25) is 9.48 Å². The maximum Gasteiger partial charge on any atom is 0.289 e. The second kappa shape index (κ2) is 6.11. The van der Waals surface area contributed by atoms with Crippen LogP contribution in [0.2, 0.25) is 0 Å². The fraction of sp³-hybridized carbons (Fsp3) is 0.389. The van der Waals surface area contributed by atoms with Gasteiger partial charge in [-0.25, -0.2) is 4.98 Å². The topological polar surface area (TPSA) is 64.2 Å². The van der Waals surface area contributed by atoms with Crippen LogP contribution in [-0.4, -0.2) is 38.2 Å². The van der Waals surface area contributed by atoms with E-state index in [-0.39, 0.29) is 11.9 Å². The molecule has 4 rings (SSSR count). The Kier molecular flexibility index (Phi) is 3.80.